The van der Waals surface area contributed by atoms with Crippen molar-refractivity contribution in [3.63, 3.8) is 0 Å². The summed E-state index contributed by atoms with van der Waals surface area (Å²) >= 11 is 1.67. The molecule has 0 rings (SSSR count). The first-order valence-electron chi connectivity index (χ1n) is 7.97. The molecule has 0 aliphatic carbocycles. The van der Waals surface area contributed by atoms with Crippen molar-refractivity contribution in [2.45, 2.75) is 69.2 Å². The Hall–Kier alpha value is -0.950. The largest absolute Gasteiger partial charge is 0.103 e. The van der Waals surface area contributed by atoms with Crippen LogP contribution in [0.3, 0.4) is 0 Å². The highest BCUT2D eigenvalue weighted by atomic mass is 32.2. The highest BCUT2D eigenvalue weighted by molar-refractivity contribution is 8.05. The summed E-state index contributed by atoms with van der Waals surface area (Å²) in [4.78, 5) is 1.11. The quantitative estimate of drug-likeness (QED) is 0.460. The lowest BCUT2D eigenvalue weighted by atomic mass is 10.1. The zero-order valence-electron chi connectivity index (χ0n) is 16.1. The van der Waals surface area contributed by atoms with Gasteiger partial charge in [0.15, 0.2) is 0 Å². The molecule has 0 heterocycles. The maximum Gasteiger partial charge on any atom is -0.0210 e. The molecule has 0 atom stereocenters. The molecule has 0 bridgehead atoms. The van der Waals surface area contributed by atoms with E-state index in [0.717, 1.165) is 4.91 Å². The molecule has 0 radical (unpaired) electrons. The SMILES string of the molecule is C=C/C(C)=C/C(=C\C)C(/C)=C/SC(=C)C.CC.CC.CC. The Morgan fingerprint density at radius 3 is 1.62 bits per heavy atom. The van der Waals surface area contributed by atoms with Gasteiger partial charge < -0.3 is 0 Å². The van der Waals surface area contributed by atoms with Crippen LogP contribution in [-0.4, -0.2) is 0 Å². The molecule has 0 aromatic rings. The van der Waals surface area contributed by atoms with E-state index in [4.69, 9.17) is 0 Å². The summed E-state index contributed by atoms with van der Waals surface area (Å²) in [6, 6.07) is 0. The van der Waals surface area contributed by atoms with Crippen molar-refractivity contribution < 1.29 is 0 Å². The van der Waals surface area contributed by atoms with Crippen LogP contribution in [0.1, 0.15) is 69.2 Å². The summed E-state index contributed by atoms with van der Waals surface area (Å²) in [5.41, 5.74) is 3.67. The van der Waals surface area contributed by atoms with Crippen LogP contribution < -0.4 is 0 Å². The van der Waals surface area contributed by atoms with Crippen LogP contribution in [-0.2, 0) is 0 Å². The molecule has 0 saturated carbocycles. The third kappa shape index (κ3) is 21.5. The Labute approximate surface area is 139 Å². The molecular weight excluding hydrogens is 272 g/mol. The van der Waals surface area contributed by atoms with Crippen LogP contribution in [0.15, 0.2) is 58.4 Å². The lowest BCUT2D eigenvalue weighted by Gasteiger charge is -2.03. The van der Waals surface area contributed by atoms with Gasteiger partial charge in [-0.05, 0) is 49.2 Å². The minimum absolute atomic E-state index is 1.11. The number of hydrogen-bond acceptors (Lipinski definition) is 1. The van der Waals surface area contributed by atoms with Gasteiger partial charge in [-0.25, -0.2) is 0 Å². The minimum atomic E-state index is 1.11. The van der Waals surface area contributed by atoms with E-state index in [1.807, 2.05) is 61.5 Å². The summed E-state index contributed by atoms with van der Waals surface area (Å²) in [5.74, 6) is 0. The zero-order valence-corrected chi connectivity index (χ0v) is 16.9. The first kappa shape index (κ1) is 28.2. The maximum atomic E-state index is 3.86. The topological polar surface area (TPSA) is 0 Å². The van der Waals surface area contributed by atoms with Gasteiger partial charge in [-0.15, -0.1) is 11.8 Å². The predicted molar refractivity (Wildman–Crippen MR) is 108 cm³/mol. The van der Waals surface area contributed by atoms with Crippen LogP contribution >= 0.6 is 11.8 Å². The van der Waals surface area contributed by atoms with Gasteiger partial charge >= 0.3 is 0 Å². The minimum Gasteiger partial charge on any atom is -0.103 e. The lowest BCUT2D eigenvalue weighted by molar-refractivity contribution is 1.38. The second kappa shape index (κ2) is 24.1. The van der Waals surface area contributed by atoms with Gasteiger partial charge in [0.2, 0.25) is 0 Å². The number of hydrogen-bond donors (Lipinski definition) is 0. The molecule has 0 nitrogen and oxygen atoms in total. The molecule has 0 aromatic carbocycles. The molecule has 21 heavy (non-hydrogen) atoms. The van der Waals surface area contributed by atoms with Crippen LogP contribution in [0.4, 0.5) is 0 Å². The normalized spacial score (nSPS) is 10.9. The van der Waals surface area contributed by atoms with Crippen molar-refractivity contribution in [3.8, 4) is 0 Å². The van der Waals surface area contributed by atoms with Gasteiger partial charge in [0.1, 0.15) is 0 Å². The molecule has 0 spiro atoms. The molecule has 0 unspecified atom stereocenters. The highest BCUT2D eigenvalue weighted by Gasteiger charge is 1.95. The number of thioether (sulfide) groups is 1. The fourth-order valence-corrected chi connectivity index (χ4v) is 1.50. The highest BCUT2D eigenvalue weighted by Crippen LogP contribution is 2.21. The lowest BCUT2D eigenvalue weighted by Crippen LogP contribution is -1.81. The summed E-state index contributed by atoms with van der Waals surface area (Å²) in [6.45, 7) is 27.8. The third-order valence-corrected chi connectivity index (χ3v) is 2.78. The van der Waals surface area contributed by atoms with Gasteiger partial charge in [-0.3, -0.25) is 0 Å². The second-order valence-electron chi connectivity index (χ2n) is 3.46. The number of allylic oxidation sites excluding steroid dienone is 7. The van der Waals surface area contributed by atoms with E-state index in [0.29, 0.717) is 0 Å². The first-order valence-corrected chi connectivity index (χ1v) is 8.85. The summed E-state index contributed by atoms with van der Waals surface area (Å²) in [6.07, 6.45) is 6.11. The average molecular weight is 311 g/mol. The molecule has 0 aliphatic rings. The Bertz CT molecular complexity index is 328. The van der Waals surface area contributed by atoms with Crippen molar-refractivity contribution in [2.75, 3.05) is 0 Å². The molecule has 0 amide bonds. The van der Waals surface area contributed by atoms with Crippen molar-refractivity contribution in [2.24, 2.45) is 0 Å². The Morgan fingerprint density at radius 1 is 0.905 bits per heavy atom. The van der Waals surface area contributed by atoms with E-state index in [9.17, 15) is 0 Å². The summed E-state index contributed by atoms with van der Waals surface area (Å²) in [5, 5.41) is 2.13. The van der Waals surface area contributed by atoms with E-state index in [1.165, 1.54) is 16.7 Å². The van der Waals surface area contributed by atoms with Crippen LogP contribution in [0.2, 0.25) is 0 Å². The van der Waals surface area contributed by atoms with Gasteiger partial charge in [0.05, 0.1) is 0 Å². The molecule has 0 aliphatic heterocycles. The molecule has 1 heteroatoms. The second-order valence-corrected chi connectivity index (χ2v) is 4.63. The third-order valence-electron chi connectivity index (χ3n) is 1.91. The van der Waals surface area contributed by atoms with E-state index >= 15 is 0 Å². The average Bonchev–Trinajstić information content (AvgIpc) is 2.55. The van der Waals surface area contributed by atoms with Crippen molar-refractivity contribution >= 4 is 11.8 Å². The van der Waals surface area contributed by atoms with Gasteiger partial charge in [0.25, 0.3) is 0 Å². The van der Waals surface area contributed by atoms with E-state index in [-0.39, 0.29) is 0 Å². The number of rotatable bonds is 5. The molecule has 0 saturated heterocycles. The Balaban J connectivity index is -0.000000212. The van der Waals surface area contributed by atoms with Crippen molar-refractivity contribution in [1.29, 1.82) is 0 Å². The first-order chi connectivity index (χ1) is 10.0. The van der Waals surface area contributed by atoms with Crippen molar-refractivity contribution in [1.82, 2.24) is 0 Å². The molecule has 124 valence electrons. The molecule has 0 N–H and O–H groups in total. The van der Waals surface area contributed by atoms with Gasteiger partial charge in [-0.2, -0.15) is 0 Å². The van der Waals surface area contributed by atoms with Gasteiger partial charge in [0, 0.05) is 0 Å². The van der Waals surface area contributed by atoms with Gasteiger partial charge in [-0.1, -0.05) is 78.5 Å². The fourth-order valence-electron chi connectivity index (χ4n) is 0.986. The smallest absolute Gasteiger partial charge is 0.0210 e. The predicted octanol–water partition coefficient (Wildman–Crippen LogP) is 8.31. The maximum absolute atomic E-state index is 3.86. The molecular formula is C20H38S. The van der Waals surface area contributed by atoms with Crippen molar-refractivity contribution in [3.05, 3.63) is 58.4 Å². The van der Waals surface area contributed by atoms with E-state index < -0.39 is 0 Å². The fraction of sp³-hybridized carbons (Fsp3) is 0.500. The van der Waals surface area contributed by atoms with E-state index in [2.05, 4.69) is 44.6 Å². The van der Waals surface area contributed by atoms with E-state index in [1.54, 1.807) is 11.8 Å². The van der Waals surface area contributed by atoms with Crippen LogP contribution in [0, 0.1) is 0 Å². The zero-order chi connectivity index (χ0) is 17.8. The summed E-state index contributed by atoms with van der Waals surface area (Å²) < 4.78 is 0. The Kier molecular flexibility index (Phi) is 32.4. The van der Waals surface area contributed by atoms with Crippen LogP contribution in [0.25, 0.3) is 0 Å². The summed E-state index contributed by atoms with van der Waals surface area (Å²) in [7, 11) is 0. The van der Waals surface area contributed by atoms with Crippen LogP contribution in [0.5, 0.6) is 0 Å². The molecule has 0 fully saturated rings. The standard InChI is InChI=1S/C14H20S.3C2H6/c1-7-12(5)9-14(8-2)13(6)10-15-11(3)4;3*1-2/h7-10H,1,3H2,2,4-6H3;3*1-2H3/b12-9+,13-10+,14-8+;;;. The molecule has 0 aromatic heterocycles. The Morgan fingerprint density at radius 2 is 1.33 bits per heavy atom. The monoisotopic (exact) mass is 310 g/mol.